The van der Waals surface area contributed by atoms with Gasteiger partial charge in [-0.1, -0.05) is 42.5 Å². The van der Waals surface area contributed by atoms with Crippen LogP contribution in [0.15, 0.2) is 67.0 Å². The smallest absolute Gasteiger partial charge is 0.272 e. The Morgan fingerprint density at radius 2 is 2.00 bits per heavy atom. The molecule has 0 aliphatic rings. The van der Waals surface area contributed by atoms with Gasteiger partial charge in [0.2, 0.25) is 0 Å². The molecule has 1 amide bonds. The number of carbonyl (C=O) groups excluding carboxylic acids is 1. The molecule has 2 heterocycles. The molecular weight excluding hydrogens is 314 g/mol. The van der Waals surface area contributed by atoms with Gasteiger partial charge in [0.05, 0.1) is 29.6 Å². The Morgan fingerprint density at radius 3 is 2.80 bits per heavy atom. The average molecular weight is 331 g/mol. The Balaban J connectivity index is 1.50. The van der Waals surface area contributed by atoms with Gasteiger partial charge in [-0.3, -0.25) is 9.48 Å². The number of nitrogen functional groups attached to an aromatic ring is 1. The van der Waals surface area contributed by atoms with E-state index < -0.39 is 0 Å². The van der Waals surface area contributed by atoms with Gasteiger partial charge < -0.3 is 16.0 Å². The Labute approximate surface area is 144 Å². The van der Waals surface area contributed by atoms with Gasteiger partial charge in [0.25, 0.3) is 5.91 Å². The minimum atomic E-state index is -0.227. The highest BCUT2D eigenvalue weighted by atomic mass is 16.1. The zero-order valence-corrected chi connectivity index (χ0v) is 13.4. The summed E-state index contributed by atoms with van der Waals surface area (Å²) in [4.78, 5) is 15.5. The van der Waals surface area contributed by atoms with Crippen molar-refractivity contribution in [2.24, 2.45) is 0 Å². The lowest BCUT2D eigenvalue weighted by atomic mass is 10.2. The van der Waals surface area contributed by atoms with Crippen molar-refractivity contribution in [2.75, 3.05) is 11.1 Å². The lowest BCUT2D eigenvalue weighted by Crippen LogP contribution is -2.11. The van der Waals surface area contributed by atoms with Gasteiger partial charge >= 0.3 is 0 Å². The molecule has 0 atom stereocenters. The van der Waals surface area contributed by atoms with Gasteiger partial charge in [0, 0.05) is 11.6 Å². The van der Waals surface area contributed by atoms with Crippen molar-refractivity contribution in [3.05, 3.63) is 78.2 Å². The molecule has 0 aliphatic heterocycles. The average Bonchev–Trinajstić information content (AvgIpc) is 3.23. The third-order valence-corrected chi connectivity index (χ3v) is 4.01. The summed E-state index contributed by atoms with van der Waals surface area (Å²) >= 11 is 0. The van der Waals surface area contributed by atoms with E-state index in [-0.39, 0.29) is 5.91 Å². The van der Waals surface area contributed by atoms with E-state index in [1.165, 1.54) is 0 Å². The third-order valence-electron chi connectivity index (χ3n) is 4.01. The van der Waals surface area contributed by atoms with E-state index >= 15 is 0 Å². The predicted molar refractivity (Wildman–Crippen MR) is 98.4 cm³/mol. The van der Waals surface area contributed by atoms with Gasteiger partial charge in [-0.05, 0) is 17.7 Å². The van der Waals surface area contributed by atoms with Crippen molar-refractivity contribution in [2.45, 2.75) is 6.54 Å². The van der Waals surface area contributed by atoms with Gasteiger partial charge in [-0.15, -0.1) is 0 Å². The van der Waals surface area contributed by atoms with Crippen molar-refractivity contribution >= 4 is 28.2 Å². The molecule has 0 saturated heterocycles. The molecule has 0 fully saturated rings. The highest BCUT2D eigenvalue weighted by molar-refractivity contribution is 6.07. The zero-order chi connectivity index (χ0) is 17.2. The summed E-state index contributed by atoms with van der Waals surface area (Å²) in [5.41, 5.74) is 9.57. The maximum absolute atomic E-state index is 12.4. The predicted octanol–water partition coefficient (Wildman–Crippen LogP) is 3.25. The molecule has 2 aromatic carbocycles. The third kappa shape index (κ3) is 3.10. The maximum Gasteiger partial charge on any atom is 0.272 e. The van der Waals surface area contributed by atoms with Crippen LogP contribution in [0.1, 0.15) is 16.1 Å². The second-order valence-corrected chi connectivity index (χ2v) is 5.86. The summed E-state index contributed by atoms with van der Waals surface area (Å²) in [6.07, 6.45) is 3.44. The summed E-state index contributed by atoms with van der Waals surface area (Å²) in [6.45, 7) is 0.652. The second-order valence-electron chi connectivity index (χ2n) is 5.86. The molecule has 25 heavy (non-hydrogen) atoms. The standard InChI is InChI=1S/C19H17N5O/c20-16-8-4-7-14-9-17(23-18(14)16)19(25)22-15-10-21-24(12-15)11-13-5-2-1-3-6-13/h1-10,12,23H,11,20H2,(H,22,25). The first-order chi connectivity index (χ1) is 12.2. The normalized spacial score (nSPS) is 10.9. The van der Waals surface area contributed by atoms with Gasteiger partial charge in [-0.2, -0.15) is 5.10 Å². The van der Waals surface area contributed by atoms with Crippen LogP contribution in [0.2, 0.25) is 0 Å². The van der Waals surface area contributed by atoms with E-state index in [4.69, 9.17) is 5.73 Å². The van der Waals surface area contributed by atoms with E-state index in [0.29, 0.717) is 23.6 Å². The molecule has 4 rings (SSSR count). The number of benzene rings is 2. The minimum absolute atomic E-state index is 0.227. The first-order valence-electron chi connectivity index (χ1n) is 7.94. The SMILES string of the molecule is Nc1cccc2cc(C(=O)Nc3cnn(Cc4ccccc4)c3)[nH]c12. The molecular formula is C19H17N5O. The number of nitrogens with zero attached hydrogens (tertiary/aromatic N) is 2. The minimum Gasteiger partial charge on any atom is -0.397 e. The number of nitrogens with one attached hydrogen (secondary N) is 2. The molecule has 0 saturated carbocycles. The number of rotatable bonds is 4. The number of anilines is 2. The number of hydrogen-bond acceptors (Lipinski definition) is 3. The number of aromatic amines is 1. The number of carbonyl (C=O) groups is 1. The van der Waals surface area contributed by atoms with E-state index in [1.54, 1.807) is 23.0 Å². The van der Waals surface area contributed by atoms with Crippen LogP contribution in [-0.4, -0.2) is 20.7 Å². The first kappa shape index (κ1) is 15.0. The van der Waals surface area contributed by atoms with Gasteiger partial charge in [0.15, 0.2) is 0 Å². The molecule has 2 aromatic heterocycles. The second kappa shape index (κ2) is 6.16. The van der Waals surface area contributed by atoms with Crippen LogP contribution < -0.4 is 11.1 Å². The Morgan fingerprint density at radius 1 is 1.16 bits per heavy atom. The van der Waals surface area contributed by atoms with E-state index in [9.17, 15) is 4.79 Å². The zero-order valence-electron chi connectivity index (χ0n) is 13.4. The summed E-state index contributed by atoms with van der Waals surface area (Å²) in [7, 11) is 0. The van der Waals surface area contributed by atoms with Crippen LogP contribution in [0.3, 0.4) is 0 Å². The van der Waals surface area contributed by atoms with Gasteiger partial charge in [-0.25, -0.2) is 0 Å². The number of fused-ring (bicyclic) bond motifs is 1. The van der Waals surface area contributed by atoms with Crippen molar-refractivity contribution in [1.82, 2.24) is 14.8 Å². The maximum atomic E-state index is 12.4. The molecule has 0 aliphatic carbocycles. The fraction of sp³-hybridized carbons (Fsp3) is 0.0526. The highest BCUT2D eigenvalue weighted by Gasteiger charge is 2.12. The summed E-state index contributed by atoms with van der Waals surface area (Å²) in [6, 6.07) is 17.4. The molecule has 4 aromatic rings. The first-order valence-corrected chi connectivity index (χ1v) is 7.94. The van der Waals surface area contributed by atoms with Crippen LogP contribution >= 0.6 is 0 Å². The number of hydrogen-bond donors (Lipinski definition) is 3. The molecule has 6 nitrogen and oxygen atoms in total. The fourth-order valence-corrected chi connectivity index (χ4v) is 2.79. The highest BCUT2D eigenvalue weighted by Crippen LogP contribution is 2.21. The van der Waals surface area contributed by atoms with Crippen LogP contribution in [-0.2, 0) is 6.54 Å². The summed E-state index contributed by atoms with van der Waals surface area (Å²) in [5.74, 6) is -0.227. The Bertz CT molecular complexity index is 1030. The number of aromatic nitrogens is 3. The molecule has 0 radical (unpaired) electrons. The quantitative estimate of drug-likeness (QED) is 0.502. The lowest BCUT2D eigenvalue weighted by Gasteiger charge is -2.01. The Hall–Kier alpha value is -3.54. The molecule has 0 spiro atoms. The van der Waals surface area contributed by atoms with Crippen LogP contribution in [0.4, 0.5) is 11.4 Å². The van der Waals surface area contributed by atoms with Crippen LogP contribution in [0, 0.1) is 0 Å². The van der Waals surface area contributed by atoms with E-state index in [2.05, 4.69) is 15.4 Å². The topological polar surface area (TPSA) is 88.7 Å². The molecule has 0 unspecified atom stereocenters. The van der Waals surface area contributed by atoms with Crippen LogP contribution in [0.25, 0.3) is 10.9 Å². The van der Waals surface area contributed by atoms with Crippen molar-refractivity contribution in [3.63, 3.8) is 0 Å². The number of amides is 1. The molecule has 6 heteroatoms. The number of H-pyrrole nitrogens is 1. The summed E-state index contributed by atoms with van der Waals surface area (Å²) < 4.78 is 1.79. The number of nitrogens with two attached hydrogens (primary N) is 1. The largest absolute Gasteiger partial charge is 0.397 e. The van der Waals surface area contributed by atoms with Crippen LogP contribution in [0.5, 0.6) is 0 Å². The Kier molecular flexibility index (Phi) is 3.70. The van der Waals surface area contributed by atoms with Crippen molar-refractivity contribution in [1.29, 1.82) is 0 Å². The molecule has 0 bridgehead atoms. The molecule has 124 valence electrons. The molecule has 4 N–H and O–H groups in total. The van der Waals surface area contributed by atoms with Gasteiger partial charge in [0.1, 0.15) is 5.69 Å². The van der Waals surface area contributed by atoms with Crippen molar-refractivity contribution in [3.8, 4) is 0 Å². The monoisotopic (exact) mass is 331 g/mol. The van der Waals surface area contributed by atoms with E-state index in [0.717, 1.165) is 16.5 Å². The van der Waals surface area contributed by atoms with E-state index in [1.807, 2.05) is 48.7 Å². The summed E-state index contributed by atoms with van der Waals surface area (Å²) in [5, 5.41) is 8.04. The lowest BCUT2D eigenvalue weighted by molar-refractivity contribution is 0.102. The van der Waals surface area contributed by atoms with Crippen molar-refractivity contribution < 1.29 is 4.79 Å². The fourth-order valence-electron chi connectivity index (χ4n) is 2.79. The number of para-hydroxylation sites is 1.